The van der Waals surface area contributed by atoms with E-state index in [9.17, 15) is 9.90 Å². The third-order valence-electron chi connectivity index (χ3n) is 2.88. The third kappa shape index (κ3) is 2.93. The van der Waals surface area contributed by atoms with Gasteiger partial charge in [-0.1, -0.05) is 0 Å². The summed E-state index contributed by atoms with van der Waals surface area (Å²) in [5.74, 6) is 1.29. The molecule has 1 unspecified atom stereocenters. The highest BCUT2D eigenvalue weighted by molar-refractivity contribution is 5.94. The number of furan rings is 1. The predicted molar refractivity (Wildman–Crippen MR) is 70.0 cm³/mol. The van der Waals surface area contributed by atoms with Gasteiger partial charge in [0.1, 0.15) is 17.3 Å². The van der Waals surface area contributed by atoms with Gasteiger partial charge in [-0.25, -0.2) is 0 Å². The van der Waals surface area contributed by atoms with Crippen molar-refractivity contribution in [2.75, 3.05) is 0 Å². The van der Waals surface area contributed by atoms with Gasteiger partial charge in [0.05, 0.1) is 17.8 Å². The predicted octanol–water partition coefficient (Wildman–Crippen LogP) is 2.49. The smallest absolute Gasteiger partial charge is 0.253 e. The fourth-order valence-electron chi connectivity index (χ4n) is 1.99. The number of amides is 1. The minimum Gasteiger partial charge on any atom is -0.506 e. The summed E-state index contributed by atoms with van der Waals surface area (Å²) < 4.78 is 5.44. The second-order valence-electron chi connectivity index (χ2n) is 4.50. The highest BCUT2D eigenvalue weighted by Gasteiger charge is 2.16. The van der Waals surface area contributed by atoms with Gasteiger partial charge in [-0.3, -0.25) is 9.78 Å². The van der Waals surface area contributed by atoms with Crippen molar-refractivity contribution in [3.8, 4) is 5.75 Å². The molecular formula is C14H16N2O3. The lowest BCUT2D eigenvalue weighted by Gasteiger charge is -2.13. The quantitative estimate of drug-likeness (QED) is 0.889. The zero-order valence-electron chi connectivity index (χ0n) is 11.1. The maximum absolute atomic E-state index is 12.0. The van der Waals surface area contributed by atoms with E-state index >= 15 is 0 Å². The molecule has 5 heteroatoms. The molecule has 0 radical (unpaired) electrons. The van der Waals surface area contributed by atoms with Gasteiger partial charge in [0.2, 0.25) is 0 Å². The highest BCUT2D eigenvalue weighted by Crippen LogP contribution is 2.21. The van der Waals surface area contributed by atoms with Crippen LogP contribution in [0.5, 0.6) is 5.75 Å². The molecule has 5 nitrogen and oxygen atoms in total. The second kappa shape index (κ2) is 5.14. The second-order valence-corrected chi connectivity index (χ2v) is 4.50. The van der Waals surface area contributed by atoms with Gasteiger partial charge >= 0.3 is 0 Å². The summed E-state index contributed by atoms with van der Waals surface area (Å²) in [6.07, 6.45) is 2.69. The maximum Gasteiger partial charge on any atom is 0.253 e. The number of aromatic nitrogens is 1. The maximum atomic E-state index is 12.0. The van der Waals surface area contributed by atoms with Crippen LogP contribution in [-0.4, -0.2) is 16.0 Å². The molecule has 2 rings (SSSR count). The molecule has 0 spiro atoms. The molecule has 100 valence electrons. The fourth-order valence-corrected chi connectivity index (χ4v) is 1.99. The molecule has 2 aromatic heterocycles. The zero-order chi connectivity index (χ0) is 14.0. The van der Waals surface area contributed by atoms with Gasteiger partial charge < -0.3 is 14.8 Å². The van der Waals surface area contributed by atoms with Gasteiger partial charge in [-0.15, -0.1) is 0 Å². The monoisotopic (exact) mass is 260 g/mol. The van der Waals surface area contributed by atoms with Gasteiger partial charge in [-0.2, -0.15) is 0 Å². The number of nitrogens with zero attached hydrogens (tertiary/aromatic N) is 1. The molecule has 2 N–H and O–H groups in total. The average molecular weight is 260 g/mol. The minimum atomic E-state index is -0.283. The van der Waals surface area contributed by atoms with Crippen LogP contribution in [0.3, 0.4) is 0 Å². The normalized spacial score (nSPS) is 12.2. The first kappa shape index (κ1) is 13.1. The number of hydrogen-bond acceptors (Lipinski definition) is 4. The van der Waals surface area contributed by atoms with E-state index in [0.717, 1.165) is 17.1 Å². The van der Waals surface area contributed by atoms with Gasteiger partial charge in [0.15, 0.2) is 0 Å². The van der Waals surface area contributed by atoms with E-state index in [-0.39, 0.29) is 17.7 Å². The molecule has 0 bridgehead atoms. The first-order valence-electron chi connectivity index (χ1n) is 5.99. The van der Waals surface area contributed by atoms with Crippen LogP contribution in [0.25, 0.3) is 0 Å². The summed E-state index contributed by atoms with van der Waals surface area (Å²) in [6, 6.07) is 3.11. The van der Waals surface area contributed by atoms with Crippen molar-refractivity contribution in [1.29, 1.82) is 0 Å². The first-order chi connectivity index (χ1) is 8.97. The van der Waals surface area contributed by atoms with Crippen LogP contribution in [0.15, 0.2) is 28.9 Å². The van der Waals surface area contributed by atoms with Crippen LogP contribution < -0.4 is 5.32 Å². The summed E-state index contributed by atoms with van der Waals surface area (Å²) in [5, 5.41) is 12.1. The van der Waals surface area contributed by atoms with E-state index in [0.29, 0.717) is 5.56 Å². The highest BCUT2D eigenvalue weighted by atomic mass is 16.3. The topological polar surface area (TPSA) is 75.4 Å². The van der Waals surface area contributed by atoms with Crippen molar-refractivity contribution in [2.45, 2.75) is 26.8 Å². The molecule has 0 fully saturated rings. The number of carbonyl (C=O) groups excluding carboxylic acids is 1. The molecule has 0 saturated carbocycles. The van der Waals surface area contributed by atoms with Crippen LogP contribution in [0.1, 0.15) is 40.4 Å². The van der Waals surface area contributed by atoms with Crippen molar-refractivity contribution in [3.05, 3.63) is 47.2 Å². The van der Waals surface area contributed by atoms with Crippen LogP contribution in [-0.2, 0) is 0 Å². The summed E-state index contributed by atoms with van der Waals surface area (Å²) in [4.78, 5) is 15.8. The number of rotatable bonds is 3. The summed E-state index contributed by atoms with van der Waals surface area (Å²) in [6.45, 7) is 5.61. The Bertz CT molecular complexity index is 604. The largest absolute Gasteiger partial charge is 0.506 e. The third-order valence-corrected chi connectivity index (χ3v) is 2.88. The van der Waals surface area contributed by atoms with Crippen molar-refractivity contribution < 1.29 is 14.3 Å². The Kier molecular flexibility index (Phi) is 3.55. The van der Waals surface area contributed by atoms with E-state index in [1.165, 1.54) is 18.5 Å². The molecule has 0 saturated heterocycles. The zero-order valence-corrected chi connectivity index (χ0v) is 11.1. The molecule has 0 aliphatic heterocycles. The molecule has 2 heterocycles. The molecule has 19 heavy (non-hydrogen) atoms. The molecule has 0 aromatic carbocycles. The van der Waals surface area contributed by atoms with E-state index in [4.69, 9.17) is 4.42 Å². The Morgan fingerprint density at radius 1 is 1.37 bits per heavy atom. The SMILES string of the molecule is Cc1cc(C(C)NC(=O)c2cncc(O)c2)c(C)o1. The lowest BCUT2D eigenvalue weighted by atomic mass is 10.1. The number of nitrogens with one attached hydrogen (secondary N) is 1. The Hall–Kier alpha value is -2.30. The Morgan fingerprint density at radius 3 is 2.68 bits per heavy atom. The summed E-state index contributed by atoms with van der Waals surface area (Å²) >= 11 is 0. The molecule has 2 aromatic rings. The molecule has 0 aliphatic carbocycles. The molecular weight excluding hydrogens is 244 g/mol. The van der Waals surface area contributed by atoms with Gasteiger partial charge in [0, 0.05) is 11.8 Å². The van der Waals surface area contributed by atoms with E-state index < -0.39 is 0 Å². The van der Waals surface area contributed by atoms with Crippen molar-refractivity contribution >= 4 is 5.91 Å². The molecule has 1 amide bonds. The number of hydrogen-bond donors (Lipinski definition) is 2. The van der Waals surface area contributed by atoms with Crippen LogP contribution in [0, 0.1) is 13.8 Å². The Balaban J connectivity index is 2.13. The Morgan fingerprint density at radius 2 is 2.11 bits per heavy atom. The lowest BCUT2D eigenvalue weighted by Crippen LogP contribution is -2.26. The fraction of sp³-hybridized carbons (Fsp3) is 0.286. The van der Waals surface area contributed by atoms with Gasteiger partial charge in [0.25, 0.3) is 5.91 Å². The summed E-state index contributed by atoms with van der Waals surface area (Å²) in [5.41, 5.74) is 1.27. The van der Waals surface area contributed by atoms with Crippen LogP contribution in [0.4, 0.5) is 0 Å². The number of pyridine rings is 1. The van der Waals surface area contributed by atoms with E-state index in [1.54, 1.807) is 0 Å². The number of aromatic hydroxyl groups is 1. The average Bonchev–Trinajstić information content (AvgIpc) is 2.68. The Labute approximate surface area is 111 Å². The first-order valence-corrected chi connectivity index (χ1v) is 5.99. The van der Waals surface area contributed by atoms with Crippen LogP contribution >= 0.6 is 0 Å². The van der Waals surface area contributed by atoms with Crippen molar-refractivity contribution in [3.63, 3.8) is 0 Å². The van der Waals surface area contributed by atoms with Crippen LogP contribution in [0.2, 0.25) is 0 Å². The molecule has 0 aliphatic rings. The van der Waals surface area contributed by atoms with E-state index in [1.807, 2.05) is 26.8 Å². The minimum absolute atomic E-state index is 0.0318. The lowest BCUT2D eigenvalue weighted by molar-refractivity contribution is 0.0939. The van der Waals surface area contributed by atoms with Gasteiger partial charge in [-0.05, 0) is 32.9 Å². The van der Waals surface area contributed by atoms with Crippen molar-refractivity contribution in [2.24, 2.45) is 0 Å². The van der Waals surface area contributed by atoms with Crippen molar-refractivity contribution in [1.82, 2.24) is 10.3 Å². The number of carbonyl (C=O) groups is 1. The number of aryl methyl sites for hydroxylation is 2. The molecule has 1 atom stereocenters. The van der Waals surface area contributed by atoms with E-state index in [2.05, 4.69) is 10.3 Å². The summed E-state index contributed by atoms with van der Waals surface area (Å²) in [7, 11) is 0. The standard InChI is InChI=1S/C14H16N2O3/c1-8-4-13(10(3)19-8)9(2)16-14(18)11-5-12(17)7-15-6-11/h4-7,9,17H,1-3H3,(H,16,18).